The Kier molecular flexibility index (Phi) is 1.51. The van der Waals surface area contributed by atoms with Crippen LogP contribution in [0.3, 0.4) is 0 Å². The number of aromatic nitrogens is 1. The highest BCUT2D eigenvalue weighted by Gasteiger charge is 2.20. The SMILES string of the molecule is Nc1ccncc1C1CNC1. The topological polar surface area (TPSA) is 50.9 Å². The maximum absolute atomic E-state index is 5.76. The van der Waals surface area contributed by atoms with Crippen molar-refractivity contribution in [3.05, 3.63) is 24.0 Å². The molecule has 0 bridgehead atoms. The van der Waals surface area contributed by atoms with Crippen molar-refractivity contribution in [2.24, 2.45) is 0 Å². The molecule has 2 rings (SSSR count). The van der Waals surface area contributed by atoms with Crippen molar-refractivity contribution in [2.45, 2.75) is 5.92 Å². The third kappa shape index (κ3) is 1.07. The monoisotopic (exact) mass is 149 g/mol. The highest BCUT2D eigenvalue weighted by Crippen LogP contribution is 2.23. The minimum Gasteiger partial charge on any atom is -0.398 e. The smallest absolute Gasteiger partial charge is 0.0381 e. The lowest BCUT2D eigenvalue weighted by Gasteiger charge is -2.27. The van der Waals surface area contributed by atoms with Crippen LogP contribution in [0.4, 0.5) is 5.69 Å². The molecule has 1 aromatic rings. The van der Waals surface area contributed by atoms with Gasteiger partial charge in [-0.3, -0.25) is 4.98 Å². The van der Waals surface area contributed by atoms with Crippen molar-refractivity contribution in [3.8, 4) is 0 Å². The van der Waals surface area contributed by atoms with Gasteiger partial charge in [0, 0.05) is 37.1 Å². The molecule has 0 amide bonds. The molecule has 0 aliphatic carbocycles. The largest absolute Gasteiger partial charge is 0.398 e. The number of nitrogen functional groups attached to an aromatic ring is 1. The Morgan fingerprint density at radius 2 is 2.36 bits per heavy atom. The first-order chi connectivity index (χ1) is 5.38. The summed E-state index contributed by atoms with van der Waals surface area (Å²) in [5.74, 6) is 0.587. The molecule has 1 aliphatic rings. The molecule has 1 saturated heterocycles. The van der Waals surface area contributed by atoms with E-state index >= 15 is 0 Å². The number of nitrogens with one attached hydrogen (secondary N) is 1. The molecule has 3 nitrogen and oxygen atoms in total. The van der Waals surface area contributed by atoms with Gasteiger partial charge in [0.15, 0.2) is 0 Å². The minimum absolute atomic E-state index is 0.587. The van der Waals surface area contributed by atoms with Crippen LogP contribution >= 0.6 is 0 Å². The Balaban J connectivity index is 2.28. The van der Waals surface area contributed by atoms with E-state index in [0.29, 0.717) is 5.92 Å². The second-order valence-corrected chi connectivity index (χ2v) is 2.86. The van der Waals surface area contributed by atoms with Crippen molar-refractivity contribution >= 4 is 5.69 Å². The maximum Gasteiger partial charge on any atom is 0.0381 e. The highest BCUT2D eigenvalue weighted by atomic mass is 14.9. The van der Waals surface area contributed by atoms with Crippen LogP contribution in [0.1, 0.15) is 11.5 Å². The van der Waals surface area contributed by atoms with Gasteiger partial charge in [-0.15, -0.1) is 0 Å². The van der Waals surface area contributed by atoms with E-state index < -0.39 is 0 Å². The van der Waals surface area contributed by atoms with Crippen LogP contribution in [0, 0.1) is 0 Å². The quantitative estimate of drug-likeness (QED) is 0.605. The van der Waals surface area contributed by atoms with Crippen molar-refractivity contribution in [3.63, 3.8) is 0 Å². The van der Waals surface area contributed by atoms with Gasteiger partial charge in [0.25, 0.3) is 0 Å². The van der Waals surface area contributed by atoms with Crippen molar-refractivity contribution < 1.29 is 0 Å². The summed E-state index contributed by atoms with van der Waals surface area (Å²) in [6.45, 7) is 2.08. The van der Waals surface area contributed by atoms with E-state index in [9.17, 15) is 0 Å². The molecule has 0 unspecified atom stereocenters. The first-order valence-electron chi connectivity index (χ1n) is 3.78. The zero-order valence-electron chi connectivity index (χ0n) is 6.25. The second kappa shape index (κ2) is 2.51. The Morgan fingerprint density at radius 1 is 1.55 bits per heavy atom. The van der Waals surface area contributed by atoms with Gasteiger partial charge in [0.1, 0.15) is 0 Å². The Bertz CT molecular complexity index is 255. The van der Waals surface area contributed by atoms with Crippen LogP contribution < -0.4 is 11.1 Å². The van der Waals surface area contributed by atoms with Crippen LogP contribution in [0.2, 0.25) is 0 Å². The average molecular weight is 149 g/mol. The van der Waals surface area contributed by atoms with E-state index in [0.717, 1.165) is 18.8 Å². The Hall–Kier alpha value is -1.09. The van der Waals surface area contributed by atoms with Gasteiger partial charge in [-0.05, 0) is 11.6 Å². The number of anilines is 1. The van der Waals surface area contributed by atoms with Gasteiger partial charge in [-0.1, -0.05) is 0 Å². The second-order valence-electron chi connectivity index (χ2n) is 2.86. The molecule has 1 aromatic heterocycles. The fraction of sp³-hybridized carbons (Fsp3) is 0.375. The third-order valence-electron chi connectivity index (χ3n) is 2.11. The lowest BCUT2D eigenvalue weighted by atomic mass is 9.94. The van der Waals surface area contributed by atoms with Gasteiger partial charge in [-0.25, -0.2) is 0 Å². The standard InChI is InChI=1S/C8H11N3/c9-8-1-2-10-5-7(8)6-3-11-4-6/h1-2,5-6,11H,3-4H2,(H2,9,10). The van der Waals surface area contributed by atoms with Gasteiger partial charge in [0.05, 0.1) is 0 Å². The first-order valence-corrected chi connectivity index (χ1v) is 3.78. The summed E-state index contributed by atoms with van der Waals surface area (Å²) in [6.07, 6.45) is 3.59. The normalized spacial score (nSPS) is 17.8. The molecular formula is C8H11N3. The van der Waals surface area contributed by atoms with E-state index in [1.54, 1.807) is 6.20 Å². The van der Waals surface area contributed by atoms with Crippen molar-refractivity contribution in [1.82, 2.24) is 10.3 Å². The Morgan fingerprint density at radius 3 is 2.91 bits per heavy atom. The Labute approximate surface area is 65.6 Å². The molecule has 0 radical (unpaired) electrons. The lowest BCUT2D eigenvalue weighted by Crippen LogP contribution is -2.40. The molecule has 11 heavy (non-hydrogen) atoms. The van der Waals surface area contributed by atoms with Crippen LogP contribution in [-0.2, 0) is 0 Å². The number of pyridine rings is 1. The predicted molar refractivity (Wildman–Crippen MR) is 44.3 cm³/mol. The summed E-state index contributed by atoms with van der Waals surface area (Å²) < 4.78 is 0. The summed E-state index contributed by atoms with van der Waals surface area (Å²) in [7, 11) is 0. The number of hydrogen-bond acceptors (Lipinski definition) is 3. The molecule has 3 N–H and O–H groups in total. The lowest BCUT2D eigenvalue weighted by molar-refractivity contribution is 0.448. The van der Waals surface area contributed by atoms with Crippen molar-refractivity contribution in [1.29, 1.82) is 0 Å². The molecular weight excluding hydrogens is 138 g/mol. The third-order valence-corrected chi connectivity index (χ3v) is 2.11. The van der Waals surface area contributed by atoms with Crippen LogP contribution in [-0.4, -0.2) is 18.1 Å². The molecule has 2 heterocycles. The van der Waals surface area contributed by atoms with E-state index in [1.165, 1.54) is 5.56 Å². The summed E-state index contributed by atoms with van der Waals surface area (Å²) >= 11 is 0. The molecule has 1 aliphatic heterocycles. The van der Waals surface area contributed by atoms with E-state index in [2.05, 4.69) is 10.3 Å². The van der Waals surface area contributed by atoms with E-state index in [-0.39, 0.29) is 0 Å². The number of nitrogens with zero attached hydrogens (tertiary/aromatic N) is 1. The summed E-state index contributed by atoms with van der Waals surface area (Å²) in [6, 6.07) is 1.85. The zero-order valence-corrected chi connectivity index (χ0v) is 6.25. The van der Waals surface area contributed by atoms with E-state index in [4.69, 9.17) is 5.73 Å². The fourth-order valence-corrected chi connectivity index (χ4v) is 1.27. The van der Waals surface area contributed by atoms with Crippen molar-refractivity contribution in [2.75, 3.05) is 18.8 Å². The van der Waals surface area contributed by atoms with Gasteiger partial charge >= 0.3 is 0 Å². The number of nitrogens with two attached hydrogens (primary N) is 1. The van der Waals surface area contributed by atoms with Crippen LogP contribution in [0.25, 0.3) is 0 Å². The number of hydrogen-bond donors (Lipinski definition) is 2. The summed E-state index contributed by atoms with van der Waals surface area (Å²) in [5, 5.41) is 3.20. The van der Waals surface area contributed by atoms with Gasteiger partial charge in [0.2, 0.25) is 0 Å². The average Bonchev–Trinajstić information content (AvgIpc) is 1.90. The summed E-state index contributed by atoms with van der Waals surface area (Å²) in [4.78, 5) is 4.04. The first kappa shape index (κ1) is 6.61. The molecule has 58 valence electrons. The molecule has 0 aromatic carbocycles. The fourth-order valence-electron chi connectivity index (χ4n) is 1.27. The highest BCUT2D eigenvalue weighted by molar-refractivity contribution is 5.47. The van der Waals surface area contributed by atoms with Crippen LogP contribution in [0.5, 0.6) is 0 Å². The molecule has 3 heteroatoms. The minimum atomic E-state index is 0.587. The maximum atomic E-state index is 5.76. The number of rotatable bonds is 1. The molecule has 0 atom stereocenters. The van der Waals surface area contributed by atoms with Gasteiger partial charge < -0.3 is 11.1 Å². The van der Waals surface area contributed by atoms with Crippen LogP contribution in [0.15, 0.2) is 18.5 Å². The zero-order chi connectivity index (χ0) is 7.68. The van der Waals surface area contributed by atoms with E-state index in [1.807, 2.05) is 12.3 Å². The molecule has 1 fully saturated rings. The van der Waals surface area contributed by atoms with Gasteiger partial charge in [-0.2, -0.15) is 0 Å². The predicted octanol–water partition coefficient (Wildman–Crippen LogP) is 0.351. The summed E-state index contributed by atoms with van der Waals surface area (Å²) in [5.41, 5.74) is 7.82. The molecule has 0 spiro atoms. The molecule has 0 saturated carbocycles.